The maximum atomic E-state index is 15.2. The zero-order valence-electron chi connectivity index (χ0n) is 44.2. The zero-order valence-corrected chi connectivity index (χ0v) is 44.2. The molecule has 1 aliphatic rings. The van der Waals surface area contributed by atoms with E-state index in [-0.39, 0.29) is 29.0 Å². The fraction of sp³-hybridized carbons (Fsp3) is 0.242. The van der Waals surface area contributed by atoms with Gasteiger partial charge in [-0.3, -0.25) is 19.3 Å². The first-order chi connectivity index (χ1) is 36.3. The molecule has 0 aliphatic heterocycles. The van der Waals surface area contributed by atoms with Crippen LogP contribution in [0, 0.1) is 41.2 Å². The molecule has 76 heavy (non-hydrogen) atoms. The van der Waals surface area contributed by atoms with E-state index in [0.29, 0.717) is 57.3 Å². The van der Waals surface area contributed by atoms with Gasteiger partial charge in [0.2, 0.25) is 0 Å². The van der Waals surface area contributed by atoms with Gasteiger partial charge >= 0.3 is 6.18 Å². The summed E-state index contributed by atoms with van der Waals surface area (Å²) in [5.74, 6) is -1.42. The van der Waals surface area contributed by atoms with Crippen LogP contribution in [0.15, 0.2) is 152 Å². The lowest BCUT2D eigenvalue weighted by Gasteiger charge is -2.20. The van der Waals surface area contributed by atoms with Crippen molar-refractivity contribution in [2.75, 3.05) is 0 Å². The minimum absolute atomic E-state index is 0.113. The standard InChI is InChI=1S/C30H28F2N4.C28H25F3N4O.2C2H6/c1-4-18-16-35-27-11-9-20(19-7-6-8-26(34)22(13-19)25(33)5-2)14-23(27)30(18)36-17(3)29(32)24-15-21(31)10-12-28(24)36;1-4-24(33)22(17(3)32)12-16(2)18-8-10-25-23(13-18)27-19(15-34-25)9-11-26(36)35(27)21-7-5-6-20(14-21)28(29,30)31;2*1-2/h4,6-7,9-16,22,26,33H,1,5,8,34H2,2-3H3;4-15,22,24,32H,1,33H2,2-3H3;2*1-2H3/b;16-12+,32-17?;;. The van der Waals surface area contributed by atoms with Crippen LogP contribution in [0.1, 0.15) is 89.3 Å². The van der Waals surface area contributed by atoms with Gasteiger partial charge in [0.05, 0.1) is 39.0 Å². The number of allylic oxidation sites excluding steroid dienone is 3. The number of fused-ring (bicyclic) bond motifs is 5. The van der Waals surface area contributed by atoms with E-state index < -0.39 is 35.0 Å². The number of aromatic nitrogens is 4. The summed E-state index contributed by atoms with van der Waals surface area (Å²) < 4.78 is 72.5. The van der Waals surface area contributed by atoms with Crippen LogP contribution in [0.25, 0.3) is 72.2 Å². The molecular weight excluding hydrogens is 968 g/mol. The Morgan fingerprint density at radius 3 is 2.24 bits per heavy atom. The molecule has 394 valence electrons. The first-order valence-electron chi connectivity index (χ1n) is 25.3. The van der Waals surface area contributed by atoms with Crippen LogP contribution in [-0.2, 0) is 6.18 Å². The highest BCUT2D eigenvalue weighted by atomic mass is 19.4. The van der Waals surface area contributed by atoms with Gasteiger partial charge in [0, 0.05) is 86.6 Å². The van der Waals surface area contributed by atoms with Crippen molar-refractivity contribution in [3.05, 3.63) is 197 Å². The Hall–Kier alpha value is -7.94. The van der Waals surface area contributed by atoms with Gasteiger partial charge in [0.25, 0.3) is 5.56 Å². The molecular formula is C62H65F5N8O. The van der Waals surface area contributed by atoms with Crippen molar-refractivity contribution in [3.8, 4) is 11.4 Å². The number of rotatable bonds is 11. The number of nitrogens with two attached hydrogens (primary N) is 2. The summed E-state index contributed by atoms with van der Waals surface area (Å²) in [5, 5.41) is 18.8. The third kappa shape index (κ3) is 11.8. The number of alkyl halides is 3. The first-order valence-corrected chi connectivity index (χ1v) is 25.3. The maximum absolute atomic E-state index is 15.2. The zero-order chi connectivity index (χ0) is 55.8. The summed E-state index contributed by atoms with van der Waals surface area (Å²) in [4.78, 5) is 22.1. The third-order valence-electron chi connectivity index (χ3n) is 13.3. The summed E-state index contributed by atoms with van der Waals surface area (Å²) >= 11 is 0. The molecule has 0 spiro atoms. The van der Waals surface area contributed by atoms with E-state index in [1.54, 1.807) is 56.6 Å². The van der Waals surface area contributed by atoms with Crippen molar-refractivity contribution in [2.24, 2.45) is 23.3 Å². The number of nitrogens with one attached hydrogen (secondary N) is 2. The first kappa shape index (κ1) is 57.3. The highest BCUT2D eigenvalue weighted by Gasteiger charge is 2.31. The molecule has 4 aromatic heterocycles. The van der Waals surface area contributed by atoms with Crippen LogP contribution >= 0.6 is 0 Å². The van der Waals surface area contributed by atoms with Crippen molar-refractivity contribution < 1.29 is 22.0 Å². The van der Waals surface area contributed by atoms with E-state index in [1.165, 1.54) is 34.9 Å². The molecule has 0 amide bonds. The van der Waals surface area contributed by atoms with Crippen molar-refractivity contribution >= 4 is 72.3 Å². The van der Waals surface area contributed by atoms with Crippen LogP contribution in [0.2, 0.25) is 0 Å². The number of hydrogen-bond acceptors (Lipinski definition) is 7. The molecule has 0 bridgehead atoms. The second-order valence-corrected chi connectivity index (χ2v) is 17.9. The Balaban J connectivity index is 0.000000232. The Bertz CT molecular complexity index is 3660. The van der Waals surface area contributed by atoms with Crippen LogP contribution in [0.4, 0.5) is 22.0 Å². The van der Waals surface area contributed by atoms with E-state index in [2.05, 4.69) is 35.3 Å². The van der Waals surface area contributed by atoms with Gasteiger partial charge in [-0.05, 0) is 123 Å². The summed E-state index contributed by atoms with van der Waals surface area (Å²) in [7, 11) is 0. The largest absolute Gasteiger partial charge is 0.416 e. The SMILES string of the molecule is C=CC(N)C(/C=C(\C)c1ccc2ncc3ccc(=O)n(-c4cccc(C(F)(F)F)c4)c3c2c1)C(C)=N.C=Cc1cnc2ccc(C3=CC(C(=N)CC)C(N)CC=C3)cc2c1-n1c(C)c(F)c2cc(F)ccc21.CC.CC. The van der Waals surface area contributed by atoms with Gasteiger partial charge < -0.3 is 26.9 Å². The Labute approximate surface area is 440 Å². The van der Waals surface area contributed by atoms with E-state index in [0.717, 1.165) is 56.6 Å². The normalized spacial score (nSPS) is 15.3. The highest BCUT2D eigenvalue weighted by Crippen LogP contribution is 2.37. The summed E-state index contributed by atoms with van der Waals surface area (Å²) in [6, 6.07) is 22.7. The van der Waals surface area contributed by atoms with Crippen molar-refractivity contribution in [3.63, 3.8) is 0 Å². The number of pyridine rings is 3. The van der Waals surface area contributed by atoms with Crippen LogP contribution < -0.4 is 17.0 Å². The molecule has 8 aromatic rings. The number of benzene rings is 4. The average molecular weight is 1030 g/mol. The molecule has 4 aromatic carbocycles. The van der Waals surface area contributed by atoms with E-state index >= 15 is 4.39 Å². The number of nitrogens with zero attached hydrogens (tertiary/aromatic N) is 4. The van der Waals surface area contributed by atoms with Gasteiger partial charge in [-0.15, -0.1) is 6.58 Å². The van der Waals surface area contributed by atoms with Gasteiger partial charge in [0.1, 0.15) is 5.82 Å². The molecule has 0 saturated heterocycles. The smallest absolute Gasteiger partial charge is 0.327 e. The van der Waals surface area contributed by atoms with E-state index in [9.17, 15) is 22.4 Å². The van der Waals surface area contributed by atoms with E-state index in [4.69, 9.17) is 22.3 Å². The average Bonchev–Trinajstić information content (AvgIpc) is 3.57. The minimum atomic E-state index is -4.54. The lowest BCUT2D eigenvalue weighted by molar-refractivity contribution is -0.137. The highest BCUT2D eigenvalue weighted by molar-refractivity contribution is 6.05. The lowest BCUT2D eigenvalue weighted by atomic mass is 9.90. The van der Waals surface area contributed by atoms with Gasteiger partial charge in [-0.2, -0.15) is 13.2 Å². The molecule has 4 unspecified atom stereocenters. The predicted octanol–water partition coefficient (Wildman–Crippen LogP) is 15.3. The van der Waals surface area contributed by atoms with E-state index in [1.807, 2.05) is 88.6 Å². The molecule has 4 atom stereocenters. The van der Waals surface area contributed by atoms with Crippen molar-refractivity contribution in [1.82, 2.24) is 19.1 Å². The van der Waals surface area contributed by atoms with Gasteiger partial charge in [0.15, 0.2) is 5.82 Å². The molecule has 4 heterocycles. The summed E-state index contributed by atoms with van der Waals surface area (Å²) in [6.07, 6.45) is 11.5. The molecule has 0 fully saturated rings. The molecule has 9 nitrogen and oxygen atoms in total. The fourth-order valence-electron chi connectivity index (χ4n) is 9.34. The Morgan fingerprint density at radius 2 is 1.57 bits per heavy atom. The van der Waals surface area contributed by atoms with Gasteiger partial charge in [-0.25, -0.2) is 8.78 Å². The number of halogens is 5. The monoisotopic (exact) mass is 1030 g/mol. The molecule has 0 saturated carbocycles. The maximum Gasteiger partial charge on any atom is 0.416 e. The second kappa shape index (κ2) is 24.6. The molecule has 6 N–H and O–H groups in total. The predicted molar refractivity (Wildman–Crippen MR) is 306 cm³/mol. The summed E-state index contributed by atoms with van der Waals surface area (Å²) in [6.45, 7) is 22.9. The minimum Gasteiger partial charge on any atom is -0.327 e. The van der Waals surface area contributed by atoms with Gasteiger partial charge in [-0.1, -0.05) is 95.9 Å². The molecule has 1 aliphatic carbocycles. The molecule has 9 rings (SSSR count). The topological polar surface area (TPSA) is 152 Å². The second-order valence-electron chi connectivity index (χ2n) is 17.9. The van der Waals surface area contributed by atoms with Crippen LogP contribution in [0.5, 0.6) is 0 Å². The van der Waals surface area contributed by atoms with Crippen LogP contribution in [-0.4, -0.2) is 42.6 Å². The third-order valence-corrected chi connectivity index (χ3v) is 13.3. The van der Waals surface area contributed by atoms with Crippen molar-refractivity contribution in [1.29, 1.82) is 10.8 Å². The Kier molecular flexibility index (Phi) is 18.6. The molecule has 0 radical (unpaired) electrons. The number of hydrogen-bond donors (Lipinski definition) is 4. The summed E-state index contributed by atoms with van der Waals surface area (Å²) in [5.41, 5.74) is 20.2. The Morgan fingerprint density at radius 1 is 0.868 bits per heavy atom. The fourth-order valence-corrected chi connectivity index (χ4v) is 9.34. The van der Waals surface area contributed by atoms with Crippen LogP contribution in [0.3, 0.4) is 0 Å². The lowest BCUT2D eigenvalue weighted by Crippen LogP contribution is -2.33. The molecule has 14 heteroatoms. The quantitative estimate of drug-likeness (QED) is 0.0440. The van der Waals surface area contributed by atoms with Crippen molar-refractivity contribution in [2.45, 2.75) is 86.5 Å².